The summed E-state index contributed by atoms with van der Waals surface area (Å²) in [5, 5.41) is 11.5. The average Bonchev–Trinajstić information content (AvgIpc) is 2.80. The molecule has 1 saturated heterocycles. The van der Waals surface area contributed by atoms with Gasteiger partial charge in [-0.25, -0.2) is 0 Å². The Hall–Kier alpha value is -0.940. The Kier molecular flexibility index (Phi) is 5.61. The minimum Gasteiger partial charge on any atom is -0.314 e. The molecule has 0 bridgehead atoms. The van der Waals surface area contributed by atoms with E-state index in [0.29, 0.717) is 6.04 Å². The number of likely N-dealkylation sites (tertiary alicyclic amines) is 1. The van der Waals surface area contributed by atoms with Crippen molar-refractivity contribution in [3.05, 3.63) is 12.4 Å². The van der Waals surface area contributed by atoms with Crippen molar-refractivity contribution in [2.24, 2.45) is 0 Å². The van der Waals surface area contributed by atoms with Gasteiger partial charge >= 0.3 is 0 Å². The number of nitrogens with one attached hydrogen (secondary N) is 1. The van der Waals surface area contributed by atoms with Crippen molar-refractivity contribution in [3.63, 3.8) is 0 Å². The third-order valence-corrected chi connectivity index (χ3v) is 3.74. The normalized spacial score (nSPS) is 21.9. The van der Waals surface area contributed by atoms with E-state index in [1.54, 1.807) is 6.20 Å². The molecule has 5 nitrogen and oxygen atoms in total. The fourth-order valence-electron chi connectivity index (χ4n) is 2.58. The lowest BCUT2D eigenvalue weighted by Crippen LogP contribution is -2.32. The molecule has 1 N–H and O–H groups in total. The molecule has 1 atom stereocenters. The number of aryl methyl sites for hydroxylation is 1. The second-order valence-electron chi connectivity index (χ2n) is 5.04. The first-order valence-corrected chi connectivity index (χ1v) is 7.18. The molecule has 5 heteroatoms. The third-order valence-electron chi connectivity index (χ3n) is 3.74. The van der Waals surface area contributed by atoms with E-state index < -0.39 is 0 Å². The topological polar surface area (TPSA) is 46.0 Å². The molecule has 0 spiro atoms. The number of aromatic nitrogens is 3. The predicted octanol–water partition coefficient (Wildman–Crippen LogP) is 1.13. The molecule has 102 valence electrons. The molecular weight excluding hydrogens is 226 g/mol. The highest BCUT2D eigenvalue weighted by molar-refractivity contribution is 4.74. The Balaban J connectivity index is 1.58. The van der Waals surface area contributed by atoms with Crippen LogP contribution in [0.25, 0.3) is 0 Å². The van der Waals surface area contributed by atoms with E-state index in [2.05, 4.69) is 27.5 Å². The molecule has 0 saturated carbocycles. The monoisotopic (exact) mass is 251 g/mol. The molecule has 2 rings (SSSR count). The van der Waals surface area contributed by atoms with Gasteiger partial charge in [-0.05, 0) is 51.9 Å². The van der Waals surface area contributed by atoms with Gasteiger partial charge in [0.05, 0.1) is 6.20 Å². The van der Waals surface area contributed by atoms with E-state index in [0.717, 1.165) is 19.5 Å². The van der Waals surface area contributed by atoms with Gasteiger partial charge in [0.1, 0.15) is 0 Å². The fraction of sp³-hybridized carbons (Fsp3) is 0.846. The maximum Gasteiger partial charge on any atom is 0.0692 e. The molecule has 0 aliphatic carbocycles. The van der Waals surface area contributed by atoms with Crippen LogP contribution in [0.15, 0.2) is 12.4 Å². The van der Waals surface area contributed by atoms with E-state index >= 15 is 0 Å². The van der Waals surface area contributed by atoms with Crippen molar-refractivity contribution in [1.82, 2.24) is 25.2 Å². The summed E-state index contributed by atoms with van der Waals surface area (Å²) in [5.41, 5.74) is 0. The standard InChI is InChI=1S/C13H25N5/c1-2-17-9-3-5-13(6-11-17)14-7-4-10-18-12-8-15-16-18/h8,12-14H,2-7,9-11H2,1H3. The highest BCUT2D eigenvalue weighted by Gasteiger charge is 2.14. The van der Waals surface area contributed by atoms with Crippen LogP contribution < -0.4 is 5.32 Å². The first-order chi connectivity index (χ1) is 8.88. The summed E-state index contributed by atoms with van der Waals surface area (Å²) >= 11 is 0. The molecule has 1 fully saturated rings. The van der Waals surface area contributed by atoms with Crippen LogP contribution >= 0.6 is 0 Å². The molecule has 18 heavy (non-hydrogen) atoms. The van der Waals surface area contributed by atoms with E-state index in [-0.39, 0.29) is 0 Å². The quantitative estimate of drug-likeness (QED) is 0.770. The van der Waals surface area contributed by atoms with Gasteiger partial charge in [0.2, 0.25) is 0 Å². The molecule has 0 radical (unpaired) electrons. The van der Waals surface area contributed by atoms with Crippen LogP contribution in [-0.4, -0.2) is 52.1 Å². The molecule has 1 aromatic rings. The van der Waals surface area contributed by atoms with E-state index in [1.807, 2.05) is 10.9 Å². The number of rotatable bonds is 6. The maximum absolute atomic E-state index is 3.97. The largest absolute Gasteiger partial charge is 0.314 e. The highest BCUT2D eigenvalue weighted by atomic mass is 15.4. The molecule has 2 heterocycles. The van der Waals surface area contributed by atoms with Crippen LogP contribution in [0.2, 0.25) is 0 Å². The van der Waals surface area contributed by atoms with Crippen LogP contribution in [0, 0.1) is 0 Å². The van der Waals surface area contributed by atoms with Crippen molar-refractivity contribution in [2.75, 3.05) is 26.2 Å². The highest BCUT2D eigenvalue weighted by Crippen LogP contribution is 2.10. The van der Waals surface area contributed by atoms with Gasteiger partial charge in [0.25, 0.3) is 0 Å². The average molecular weight is 251 g/mol. The summed E-state index contributed by atoms with van der Waals surface area (Å²) in [7, 11) is 0. The SMILES string of the molecule is CCN1CCCC(NCCCn2ccnn2)CC1. The summed E-state index contributed by atoms with van der Waals surface area (Å²) in [4.78, 5) is 2.55. The molecule has 0 aromatic carbocycles. The Labute approximate surface area is 110 Å². The maximum atomic E-state index is 3.97. The Morgan fingerprint density at radius 2 is 2.28 bits per heavy atom. The van der Waals surface area contributed by atoms with Crippen LogP contribution in [0.4, 0.5) is 0 Å². The first kappa shape index (κ1) is 13.5. The van der Waals surface area contributed by atoms with Gasteiger partial charge in [0, 0.05) is 18.8 Å². The van der Waals surface area contributed by atoms with Gasteiger partial charge in [-0.15, -0.1) is 5.10 Å². The molecule has 0 amide bonds. The smallest absolute Gasteiger partial charge is 0.0692 e. The second kappa shape index (κ2) is 7.48. The lowest BCUT2D eigenvalue weighted by atomic mass is 10.1. The summed E-state index contributed by atoms with van der Waals surface area (Å²) < 4.78 is 1.90. The Morgan fingerprint density at radius 3 is 3.06 bits per heavy atom. The van der Waals surface area contributed by atoms with Crippen LogP contribution in [-0.2, 0) is 6.54 Å². The first-order valence-electron chi connectivity index (χ1n) is 7.18. The van der Waals surface area contributed by atoms with Crippen molar-refractivity contribution in [2.45, 2.75) is 45.2 Å². The van der Waals surface area contributed by atoms with Crippen molar-refractivity contribution in [1.29, 1.82) is 0 Å². The lowest BCUT2D eigenvalue weighted by molar-refractivity contribution is 0.297. The zero-order valence-corrected chi connectivity index (χ0v) is 11.4. The summed E-state index contributed by atoms with van der Waals surface area (Å²) in [6, 6.07) is 0.706. The molecule has 1 aliphatic rings. The van der Waals surface area contributed by atoms with E-state index in [1.165, 1.54) is 38.9 Å². The van der Waals surface area contributed by atoms with Crippen molar-refractivity contribution in [3.8, 4) is 0 Å². The van der Waals surface area contributed by atoms with Gasteiger partial charge in [-0.3, -0.25) is 4.68 Å². The zero-order valence-electron chi connectivity index (χ0n) is 11.4. The van der Waals surface area contributed by atoms with Gasteiger partial charge < -0.3 is 10.2 Å². The molecule has 1 aromatic heterocycles. The number of hydrogen-bond acceptors (Lipinski definition) is 4. The third kappa shape index (κ3) is 4.38. The lowest BCUT2D eigenvalue weighted by Gasteiger charge is -2.18. The van der Waals surface area contributed by atoms with Crippen LogP contribution in [0.3, 0.4) is 0 Å². The fourth-order valence-corrected chi connectivity index (χ4v) is 2.58. The van der Waals surface area contributed by atoms with Crippen molar-refractivity contribution < 1.29 is 0 Å². The Morgan fingerprint density at radius 1 is 1.33 bits per heavy atom. The summed E-state index contributed by atoms with van der Waals surface area (Å²) in [6.07, 6.45) is 8.71. The van der Waals surface area contributed by atoms with Gasteiger partial charge in [-0.2, -0.15) is 0 Å². The van der Waals surface area contributed by atoms with Crippen LogP contribution in [0.1, 0.15) is 32.6 Å². The summed E-state index contributed by atoms with van der Waals surface area (Å²) in [6.45, 7) is 8.01. The van der Waals surface area contributed by atoms with Gasteiger partial charge in [-0.1, -0.05) is 12.1 Å². The van der Waals surface area contributed by atoms with E-state index in [9.17, 15) is 0 Å². The minimum atomic E-state index is 0.706. The molecular formula is C13H25N5. The number of hydrogen-bond donors (Lipinski definition) is 1. The molecule has 1 aliphatic heterocycles. The summed E-state index contributed by atoms with van der Waals surface area (Å²) in [5.74, 6) is 0. The number of nitrogens with zero attached hydrogens (tertiary/aromatic N) is 4. The van der Waals surface area contributed by atoms with E-state index in [4.69, 9.17) is 0 Å². The molecule has 1 unspecified atom stereocenters. The van der Waals surface area contributed by atoms with Crippen LogP contribution in [0.5, 0.6) is 0 Å². The Bertz CT molecular complexity index is 311. The second-order valence-corrected chi connectivity index (χ2v) is 5.04. The minimum absolute atomic E-state index is 0.706. The van der Waals surface area contributed by atoms with Gasteiger partial charge in [0.15, 0.2) is 0 Å². The zero-order chi connectivity index (χ0) is 12.6. The van der Waals surface area contributed by atoms with Crippen molar-refractivity contribution >= 4 is 0 Å². The predicted molar refractivity (Wildman–Crippen MR) is 72.4 cm³/mol.